The summed E-state index contributed by atoms with van der Waals surface area (Å²) in [6.45, 7) is 0. The van der Waals surface area contributed by atoms with Crippen molar-refractivity contribution in [2.75, 3.05) is 0 Å². The second-order valence-electron chi connectivity index (χ2n) is 0. The number of hydrogen-bond acceptors (Lipinski definition) is 1. The van der Waals surface area contributed by atoms with E-state index in [1.165, 1.54) is 0 Å². The lowest BCUT2D eigenvalue weighted by atomic mass is 12.0. The predicted molar refractivity (Wildman–Crippen MR) is 39.7 cm³/mol. The van der Waals surface area contributed by atoms with Crippen molar-refractivity contribution in [2.45, 2.75) is 22.3 Å². The van der Waals surface area contributed by atoms with Gasteiger partial charge >= 0.3 is 0 Å². The van der Waals surface area contributed by atoms with Crippen LogP contribution in [0.25, 0.3) is 0 Å². The van der Waals surface area contributed by atoms with E-state index in [1.807, 2.05) is 0 Å². The zero-order chi connectivity index (χ0) is 0. The molecule has 0 atom stereocenters. The van der Waals surface area contributed by atoms with Crippen molar-refractivity contribution < 1.29 is 0 Å². The summed E-state index contributed by atoms with van der Waals surface area (Å²) in [7, 11) is 0. The van der Waals surface area contributed by atoms with Gasteiger partial charge in [0.1, 0.15) is 0 Å². The van der Waals surface area contributed by atoms with Crippen molar-refractivity contribution in [2.24, 2.45) is 0 Å². The van der Waals surface area contributed by atoms with Gasteiger partial charge in [-0.15, -0.1) is 24.8 Å². The molecule has 0 saturated carbocycles. The Morgan fingerprint density at radius 2 is 0.500 bits per heavy atom. The van der Waals surface area contributed by atoms with E-state index >= 15 is 0 Å². The van der Waals surface area contributed by atoms with Gasteiger partial charge in [0.2, 0.25) is 0 Å². The third-order valence-electron chi connectivity index (χ3n) is 0. The van der Waals surface area contributed by atoms with E-state index in [2.05, 4.69) is 0 Å². The van der Waals surface area contributed by atoms with E-state index in [-0.39, 0.29) is 53.2 Å². The van der Waals surface area contributed by atoms with Crippen molar-refractivity contribution in [1.82, 2.24) is 6.15 Å². The second kappa shape index (κ2) is 392. The Hall–Kier alpha value is 0.540. The molecule has 0 bridgehead atoms. The van der Waals surface area contributed by atoms with Gasteiger partial charge in [-0.2, -0.15) is 0 Å². The first kappa shape index (κ1) is 688. The Morgan fingerprint density at radius 3 is 0.500 bits per heavy atom. The second-order valence-corrected chi connectivity index (χ2v) is 0. The molecule has 1 nitrogen and oxygen atoms in total. The molecule has 0 saturated heterocycles. The Morgan fingerprint density at radius 1 is 0.500 bits per heavy atom. The Kier molecular flexibility index (Phi) is 44900. The molecule has 3 N–H and O–H groups in total. The molecule has 0 aliphatic heterocycles. The molecule has 0 aliphatic rings. The molecule has 3 heteroatoms. The molecular weight excluding hydrogens is 121 g/mol. The first-order valence-electron chi connectivity index (χ1n) is 0. The topological polar surface area (TPSA) is 35.0 Å². The summed E-state index contributed by atoms with van der Waals surface area (Å²) in [4.78, 5) is 0. The lowest BCUT2D eigenvalue weighted by Gasteiger charge is -0.344. The molecule has 0 radical (unpaired) electrons. The summed E-state index contributed by atoms with van der Waals surface area (Å²) in [5, 5.41) is 0. The molecule has 0 rings (SSSR count). The number of rotatable bonds is 0. The van der Waals surface area contributed by atoms with Gasteiger partial charge < -0.3 is 6.15 Å². The molecular formula is C3H17Cl2N. The normalized spacial score (nSPS) is 0. The lowest BCUT2D eigenvalue weighted by molar-refractivity contribution is 2.13. The van der Waals surface area contributed by atoms with E-state index < -0.39 is 0 Å². The standard InChI is InChI=1S/3CH4.2ClH.H3N/h3*1H4;2*1H;1H3. The average molecular weight is 138 g/mol. The van der Waals surface area contributed by atoms with Gasteiger partial charge in [-0.1, -0.05) is 22.3 Å². The van der Waals surface area contributed by atoms with E-state index in [4.69, 9.17) is 0 Å². The van der Waals surface area contributed by atoms with Crippen LogP contribution in [0.5, 0.6) is 0 Å². The Bertz CT molecular complexity index is 8.75. The van der Waals surface area contributed by atoms with E-state index in [1.54, 1.807) is 0 Å². The maximum absolute atomic E-state index is 0. The summed E-state index contributed by atoms with van der Waals surface area (Å²) < 4.78 is 0. The highest BCUT2D eigenvalue weighted by Crippen LogP contribution is 0.691. The van der Waals surface area contributed by atoms with Crippen LogP contribution >= 0.6 is 24.8 Å². The van der Waals surface area contributed by atoms with Gasteiger partial charge in [0.05, 0.1) is 0 Å². The maximum Gasteiger partial charge on any atom is -0.0776 e. The molecule has 0 aliphatic carbocycles. The fraction of sp³-hybridized carbons (Fsp3) is 1.00. The Balaban J connectivity index is 0. The maximum atomic E-state index is 0. The molecule has 6 heavy (non-hydrogen) atoms. The van der Waals surface area contributed by atoms with Crippen molar-refractivity contribution in [3.63, 3.8) is 0 Å². The zero-order valence-electron chi connectivity index (χ0n) is 1.52. The highest BCUT2D eigenvalue weighted by molar-refractivity contribution is 5.85. The smallest absolute Gasteiger partial charge is 0.0776 e. The third-order valence-corrected chi connectivity index (χ3v) is 0. The first-order chi connectivity index (χ1) is 0. The minimum absolute atomic E-state index is 0. The summed E-state index contributed by atoms with van der Waals surface area (Å²) in [6, 6.07) is 0. The van der Waals surface area contributed by atoms with Crippen LogP contribution in [0, 0.1) is 0 Å². The molecule has 0 aromatic heterocycles. The van der Waals surface area contributed by atoms with Crippen LogP contribution in [0.2, 0.25) is 0 Å². The van der Waals surface area contributed by atoms with Gasteiger partial charge in [0.15, 0.2) is 0 Å². The van der Waals surface area contributed by atoms with Gasteiger partial charge in [-0.25, -0.2) is 0 Å². The summed E-state index contributed by atoms with van der Waals surface area (Å²) >= 11 is 0. The van der Waals surface area contributed by atoms with Crippen molar-refractivity contribution >= 4 is 24.8 Å². The first-order valence-corrected chi connectivity index (χ1v) is 0. The SMILES string of the molecule is C.C.C.Cl.Cl.N. The highest BCUT2D eigenvalue weighted by Gasteiger charge is -0.0755. The summed E-state index contributed by atoms with van der Waals surface area (Å²) in [5.41, 5.74) is 0. The van der Waals surface area contributed by atoms with Crippen LogP contribution in [-0.4, -0.2) is 0 Å². The van der Waals surface area contributed by atoms with Crippen LogP contribution in [0.3, 0.4) is 0 Å². The highest BCUT2D eigenvalue weighted by atomic mass is 35.5. The molecule has 0 fully saturated rings. The largest absolute Gasteiger partial charge is 0.344 e. The zero-order valence-corrected chi connectivity index (χ0v) is 3.16. The molecule has 0 aromatic rings. The van der Waals surface area contributed by atoms with Crippen LogP contribution in [0.1, 0.15) is 22.3 Å². The van der Waals surface area contributed by atoms with Crippen molar-refractivity contribution in [3.8, 4) is 0 Å². The molecule has 0 aromatic carbocycles. The monoisotopic (exact) mass is 137 g/mol. The molecule has 0 amide bonds. The average Bonchev–Trinajstić information content (AvgIpc) is 0. The van der Waals surface area contributed by atoms with Crippen LogP contribution in [0.15, 0.2) is 0 Å². The summed E-state index contributed by atoms with van der Waals surface area (Å²) in [6.07, 6.45) is 0. The van der Waals surface area contributed by atoms with E-state index in [0.717, 1.165) is 0 Å². The minimum Gasteiger partial charge on any atom is -0.344 e. The molecule has 48 valence electrons. The van der Waals surface area contributed by atoms with Gasteiger partial charge in [0.25, 0.3) is 0 Å². The molecule has 0 heterocycles. The number of hydrogen-bond donors (Lipinski definition) is 1. The van der Waals surface area contributed by atoms with Gasteiger partial charge in [-0.05, 0) is 0 Å². The van der Waals surface area contributed by atoms with E-state index in [9.17, 15) is 0 Å². The van der Waals surface area contributed by atoms with Crippen LogP contribution < -0.4 is 6.15 Å². The van der Waals surface area contributed by atoms with Crippen LogP contribution in [0.4, 0.5) is 0 Å². The lowest BCUT2D eigenvalue weighted by Crippen LogP contribution is -0.481. The van der Waals surface area contributed by atoms with Crippen molar-refractivity contribution in [1.29, 1.82) is 0 Å². The van der Waals surface area contributed by atoms with Gasteiger partial charge in [0, 0.05) is 0 Å². The fourth-order valence-electron chi connectivity index (χ4n) is 0. The fourth-order valence-corrected chi connectivity index (χ4v) is 0. The quantitative estimate of drug-likeness (QED) is 0.548. The van der Waals surface area contributed by atoms with Gasteiger partial charge in [-0.3, -0.25) is 0 Å². The summed E-state index contributed by atoms with van der Waals surface area (Å²) in [5.74, 6) is 0. The number of halogens is 2. The predicted octanol–water partition coefficient (Wildman–Crippen LogP) is 2.91. The van der Waals surface area contributed by atoms with Crippen LogP contribution in [-0.2, 0) is 0 Å². The van der Waals surface area contributed by atoms with Crippen molar-refractivity contribution in [3.05, 3.63) is 0 Å². The minimum atomic E-state index is 0. The third kappa shape index (κ3) is 195. The van der Waals surface area contributed by atoms with E-state index in [0.29, 0.717) is 0 Å². The Labute approximate surface area is 53.9 Å². The molecule has 0 unspecified atom stereocenters. The molecule has 0 spiro atoms.